The average Bonchev–Trinajstić information content (AvgIpc) is 3.15. The minimum atomic E-state index is -4.40. The highest BCUT2D eigenvalue weighted by molar-refractivity contribution is 5.58. The molecule has 0 saturated carbocycles. The number of aromatic amines is 1. The molecule has 3 heterocycles. The summed E-state index contributed by atoms with van der Waals surface area (Å²) in [6.07, 6.45) is -3.75. The molecule has 4 rings (SSSR count). The number of nitrogens with one attached hydrogen (secondary N) is 1. The smallest absolute Gasteiger partial charge is 0.416 e. The lowest BCUT2D eigenvalue weighted by Crippen LogP contribution is -2.37. The molecular formula is C23H24F3N3O2. The van der Waals surface area contributed by atoms with E-state index < -0.39 is 11.7 Å². The van der Waals surface area contributed by atoms with Crippen LogP contribution in [0, 0.1) is 0 Å². The van der Waals surface area contributed by atoms with Crippen molar-refractivity contribution < 1.29 is 17.6 Å². The first kappa shape index (κ1) is 21.4. The summed E-state index contributed by atoms with van der Waals surface area (Å²) in [5.74, 6) is 1.70. The van der Waals surface area contributed by atoms with Crippen molar-refractivity contribution in [3.05, 3.63) is 75.2 Å². The zero-order chi connectivity index (χ0) is 22.4. The quantitative estimate of drug-likeness (QED) is 0.641. The number of fused-ring (bicyclic) bond motifs is 1. The first-order valence-electron chi connectivity index (χ1n) is 10.1. The van der Waals surface area contributed by atoms with E-state index in [1.807, 2.05) is 20.8 Å². The van der Waals surface area contributed by atoms with Crippen LogP contribution in [-0.4, -0.2) is 21.4 Å². The van der Waals surface area contributed by atoms with Crippen LogP contribution < -0.4 is 5.56 Å². The van der Waals surface area contributed by atoms with Crippen LogP contribution in [0.25, 0.3) is 11.3 Å². The molecule has 8 heteroatoms. The first-order valence-corrected chi connectivity index (χ1v) is 10.1. The van der Waals surface area contributed by atoms with Gasteiger partial charge in [0.15, 0.2) is 0 Å². The first-order chi connectivity index (χ1) is 14.5. The van der Waals surface area contributed by atoms with E-state index >= 15 is 0 Å². The molecular weight excluding hydrogens is 407 g/mol. The van der Waals surface area contributed by atoms with E-state index in [1.165, 1.54) is 6.07 Å². The van der Waals surface area contributed by atoms with Crippen molar-refractivity contribution >= 4 is 0 Å². The molecule has 5 nitrogen and oxygen atoms in total. The normalized spacial score (nSPS) is 15.2. The average molecular weight is 431 g/mol. The van der Waals surface area contributed by atoms with E-state index in [0.29, 0.717) is 54.5 Å². The SMILES string of the molecule is CC(C)(C)c1nc2c(c(=O)[nH]1)CN(Cc1ccc(-c3cccc(C(F)(F)F)c3)o1)CC2. The van der Waals surface area contributed by atoms with Gasteiger partial charge in [-0.2, -0.15) is 13.2 Å². The van der Waals surface area contributed by atoms with Gasteiger partial charge in [0.05, 0.1) is 23.4 Å². The second kappa shape index (κ2) is 7.67. The Balaban J connectivity index is 1.50. The molecule has 1 aliphatic heterocycles. The Labute approximate surface area is 177 Å². The van der Waals surface area contributed by atoms with Crippen LogP contribution >= 0.6 is 0 Å². The van der Waals surface area contributed by atoms with Gasteiger partial charge in [-0.05, 0) is 24.3 Å². The number of benzene rings is 1. The van der Waals surface area contributed by atoms with E-state index in [2.05, 4.69) is 14.9 Å². The van der Waals surface area contributed by atoms with Gasteiger partial charge in [-0.25, -0.2) is 4.98 Å². The van der Waals surface area contributed by atoms with Gasteiger partial charge in [0.25, 0.3) is 5.56 Å². The Hall–Kier alpha value is -2.87. The van der Waals surface area contributed by atoms with Gasteiger partial charge < -0.3 is 9.40 Å². The summed E-state index contributed by atoms with van der Waals surface area (Å²) in [6.45, 7) is 7.64. The number of alkyl halides is 3. The standard InChI is InChI=1S/C23H24F3N3O2/c1-22(2,3)21-27-18-9-10-29(13-17(18)20(30)28-21)12-16-7-8-19(31-16)14-5-4-6-15(11-14)23(24,25)26/h4-8,11H,9-10,12-13H2,1-3H3,(H,27,28,30). The minimum absolute atomic E-state index is 0.122. The van der Waals surface area contributed by atoms with Crippen LogP contribution in [0.15, 0.2) is 45.6 Å². The third kappa shape index (κ3) is 4.58. The number of H-pyrrole nitrogens is 1. The van der Waals surface area contributed by atoms with Crippen molar-refractivity contribution in [2.45, 2.75) is 51.9 Å². The Bertz CT molecular complexity index is 1160. The summed E-state index contributed by atoms with van der Waals surface area (Å²) in [7, 11) is 0. The van der Waals surface area contributed by atoms with Crippen molar-refractivity contribution in [1.29, 1.82) is 0 Å². The topological polar surface area (TPSA) is 62.1 Å². The Morgan fingerprint density at radius 1 is 1.16 bits per heavy atom. The maximum Gasteiger partial charge on any atom is 0.416 e. The van der Waals surface area contributed by atoms with Gasteiger partial charge in [-0.3, -0.25) is 9.69 Å². The fraction of sp³-hybridized carbons (Fsp3) is 0.391. The van der Waals surface area contributed by atoms with E-state index in [1.54, 1.807) is 18.2 Å². The zero-order valence-corrected chi connectivity index (χ0v) is 17.6. The Morgan fingerprint density at radius 2 is 1.94 bits per heavy atom. The van der Waals surface area contributed by atoms with Gasteiger partial charge in [0, 0.05) is 30.5 Å². The van der Waals surface area contributed by atoms with Crippen molar-refractivity contribution in [2.24, 2.45) is 0 Å². The van der Waals surface area contributed by atoms with Gasteiger partial charge in [-0.1, -0.05) is 32.9 Å². The highest BCUT2D eigenvalue weighted by Crippen LogP contribution is 2.33. The van der Waals surface area contributed by atoms with E-state index in [0.717, 1.165) is 17.8 Å². The fourth-order valence-electron chi connectivity index (χ4n) is 3.66. The maximum absolute atomic E-state index is 13.0. The van der Waals surface area contributed by atoms with Crippen molar-refractivity contribution in [3.63, 3.8) is 0 Å². The predicted molar refractivity (Wildman–Crippen MR) is 111 cm³/mol. The molecule has 0 saturated heterocycles. The minimum Gasteiger partial charge on any atom is -0.460 e. The molecule has 0 fully saturated rings. The van der Waals surface area contributed by atoms with Gasteiger partial charge in [0.2, 0.25) is 0 Å². The third-order valence-electron chi connectivity index (χ3n) is 5.37. The number of hydrogen-bond donors (Lipinski definition) is 1. The molecule has 0 radical (unpaired) electrons. The summed E-state index contributed by atoms with van der Waals surface area (Å²) in [6, 6.07) is 8.51. The lowest BCUT2D eigenvalue weighted by Gasteiger charge is -2.28. The zero-order valence-electron chi connectivity index (χ0n) is 17.6. The van der Waals surface area contributed by atoms with Crippen LogP contribution in [0.5, 0.6) is 0 Å². The number of aromatic nitrogens is 2. The lowest BCUT2D eigenvalue weighted by molar-refractivity contribution is -0.137. The van der Waals surface area contributed by atoms with Crippen LogP contribution in [-0.2, 0) is 31.1 Å². The van der Waals surface area contributed by atoms with Crippen LogP contribution in [0.3, 0.4) is 0 Å². The number of furan rings is 1. The summed E-state index contributed by atoms with van der Waals surface area (Å²) in [5, 5.41) is 0. The molecule has 0 amide bonds. The number of rotatable bonds is 3. The summed E-state index contributed by atoms with van der Waals surface area (Å²) in [4.78, 5) is 22.2. The molecule has 0 spiro atoms. The highest BCUT2D eigenvalue weighted by Gasteiger charge is 2.31. The highest BCUT2D eigenvalue weighted by atomic mass is 19.4. The van der Waals surface area contributed by atoms with Crippen LogP contribution in [0.2, 0.25) is 0 Å². The number of hydrogen-bond acceptors (Lipinski definition) is 4. The molecule has 164 valence electrons. The van der Waals surface area contributed by atoms with E-state index in [9.17, 15) is 18.0 Å². The maximum atomic E-state index is 13.0. The van der Waals surface area contributed by atoms with Crippen molar-refractivity contribution in [3.8, 4) is 11.3 Å². The third-order valence-corrected chi connectivity index (χ3v) is 5.37. The molecule has 1 aliphatic rings. The van der Waals surface area contributed by atoms with Crippen molar-refractivity contribution in [2.75, 3.05) is 6.54 Å². The second-order valence-electron chi connectivity index (χ2n) is 8.89. The van der Waals surface area contributed by atoms with E-state index in [4.69, 9.17) is 4.42 Å². The molecule has 0 bridgehead atoms. The molecule has 3 aromatic rings. The number of nitrogens with zero attached hydrogens (tertiary/aromatic N) is 2. The van der Waals surface area contributed by atoms with Crippen LogP contribution in [0.4, 0.5) is 13.2 Å². The largest absolute Gasteiger partial charge is 0.460 e. The van der Waals surface area contributed by atoms with Gasteiger partial charge >= 0.3 is 6.18 Å². The molecule has 1 N–H and O–H groups in total. The molecule has 2 aromatic heterocycles. The Morgan fingerprint density at radius 3 is 2.65 bits per heavy atom. The monoisotopic (exact) mass is 431 g/mol. The molecule has 31 heavy (non-hydrogen) atoms. The summed E-state index contributed by atoms with van der Waals surface area (Å²) in [5.41, 5.74) is 0.790. The molecule has 0 unspecified atom stereocenters. The predicted octanol–water partition coefficient (Wildman–Crippen LogP) is 4.90. The van der Waals surface area contributed by atoms with Gasteiger partial charge in [-0.15, -0.1) is 0 Å². The second-order valence-corrected chi connectivity index (χ2v) is 8.89. The van der Waals surface area contributed by atoms with Crippen LogP contribution in [0.1, 0.15) is 49.2 Å². The number of halogens is 3. The molecule has 1 aromatic carbocycles. The molecule has 0 atom stereocenters. The lowest BCUT2D eigenvalue weighted by atomic mass is 9.95. The van der Waals surface area contributed by atoms with E-state index in [-0.39, 0.29) is 11.0 Å². The van der Waals surface area contributed by atoms with Crippen molar-refractivity contribution in [1.82, 2.24) is 14.9 Å². The molecule has 0 aliphatic carbocycles. The van der Waals surface area contributed by atoms with Gasteiger partial charge in [0.1, 0.15) is 17.3 Å². The fourth-order valence-corrected chi connectivity index (χ4v) is 3.66. The summed E-state index contributed by atoms with van der Waals surface area (Å²) >= 11 is 0. The Kier molecular flexibility index (Phi) is 5.29. The summed E-state index contributed by atoms with van der Waals surface area (Å²) < 4.78 is 44.7.